The third kappa shape index (κ3) is 1.92. The molecule has 0 saturated heterocycles. The minimum Gasteiger partial charge on any atom is -0.391 e. The highest BCUT2D eigenvalue weighted by Gasteiger charge is 2.11. The van der Waals surface area contributed by atoms with Crippen molar-refractivity contribution in [2.75, 3.05) is 0 Å². The van der Waals surface area contributed by atoms with Crippen LogP contribution < -0.4 is 0 Å². The van der Waals surface area contributed by atoms with Gasteiger partial charge in [0.05, 0.1) is 17.2 Å². The molecule has 0 unspecified atom stereocenters. The van der Waals surface area contributed by atoms with Crippen LogP contribution in [0.4, 0.5) is 0 Å². The lowest BCUT2D eigenvalue weighted by Gasteiger charge is -2.00. The summed E-state index contributed by atoms with van der Waals surface area (Å²) in [6.07, 6.45) is 0. The third-order valence-electron chi connectivity index (χ3n) is 1.39. The molecule has 0 aliphatic carbocycles. The summed E-state index contributed by atoms with van der Waals surface area (Å²) < 4.78 is 0.512. The lowest BCUT2D eigenvalue weighted by Crippen LogP contribution is -1.92. The number of halogens is 1. The van der Waals surface area contributed by atoms with Gasteiger partial charge in [0, 0.05) is 0 Å². The molecule has 4 heteroatoms. The lowest BCUT2D eigenvalue weighted by atomic mass is 10.1. The van der Waals surface area contributed by atoms with E-state index in [9.17, 15) is 0 Å². The second-order valence-corrected chi connectivity index (χ2v) is 4.25. The number of nitrogens with zero attached hydrogens (tertiary/aromatic N) is 1. The first-order chi connectivity index (χ1) is 5.15. The molecule has 0 spiro atoms. The minimum atomic E-state index is 0.0396. The van der Waals surface area contributed by atoms with E-state index in [-0.39, 0.29) is 6.61 Å². The van der Waals surface area contributed by atoms with Gasteiger partial charge in [-0.25, -0.2) is 4.98 Å². The van der Waals surface area contributed by atoms with Crippen molar-refractivity contribution in [3.8, 4) is 0 Å². The quantitative estimate of drug-likeness (QED) is 0.779. The van der Waals surface area contributed by atoms with Crippen molar-refractivity contribution < 1.29 is 5.11 Å². The molecule has 2 nitrogen and oxygen atoms in total. The van der Waals surface area contributed by atoms with Crippen molar-refractivity contribution in [2.45, 2.75) is 26.4 Å². The number of hydrogen-bond donors (Lipinski definition) is 1. The zero-order chi connectivity index (χ0) is 8.43. The second-order valence-electron chi connectivity index (χ2n) is 2.59. The molecule has 0 saturated carbocycles. The summed E-state index contributed by atoms with van der Waals surface area (Å²) in [5, 5.41) is 8.89. The molecule has 1 heterocycles. The molecule has 0 aromatic carbocycles. The van der Waals surface area contributed by atoms with Crippen molar-refractivity contribution in [1.82, 2.24) is 4.98 Å². The Balaban J connectivity index is 3.02. The third-order valence-corrected chi connectivity index (χ3v) is 2.55. The van der Waals surface area contributed by atoms with E-state index in [0.29, 0.717) is 10.4 Å². The summed E-state index contributed by atoms with van der Waals surface area (Å²) in [6.45, 7) is 4.10. The average molecular weight is 192 g/mol. The van der Waals surface area contributed by atoms with E-state index in [4.69, 9.17) is 16.7 Å². The van der Waals surface area contributed by atoms with Crippen molar-refractivity contribution in [1.29, 1.82) is 0 Å². The van der Waals surface area contributed by atoms with Crippen LogP contribution in [-0.2, 0) is 6.61 Å². The molecule has 0 aliphatic heterocycles. The number of aliphatic hydroxyl groups is 1. The molecule has 1 N–H and O–H groups in total. The Hall–Kier alpha value is -0.120. The van der Waals surface area contributed by atoms with E-state index in [2.05, 4.69) is 4.98 Å². The van der Waals surface area contributed by atoms with Gasteiger partial charge < -0.3 is 5.11 Å². The first-order valence-electron chi connectivity index (χ1n) is 3.41. The van der Waals surface area contributed by atoms with Crippen LogP contribution in [0.2, 0.25) is 4.47 Å². The number of aromatic nitrogens is 1. The largest absolute Gasteiger partial charge is 0.391 e. The van der Waals surface area contributed by atoms with E-state index in [0.717, 1.165) is 10.6 Å². The summed E-state index contributed by atoms with van der Waals surface area (Å²) in [5.41, 5.74) is 0.919. The number of rotatable bonds is 2. The van der Waals surface area contributed by atoms with Crippen LogP contribution in [0.1, 0.15) is 30.3 Å². The molecule has 0 radical (unpaired) electrons. The van der Waals surface area contributed by atoms with Gasteiger partial charge >= 0.3 is 0 Å². The van der Waals surface area contributed by atoms with Gasteiger partial charge in [0.1, 0.15) is 0 Å². The molecule has 1 rings (SSSR count). The maximum atomic E-state index is 8.89. The number of aliphatic hydroxyl groups excluding tert-OH is 1. The van der Waals surface area contributed by atoms with Gasteiger partial charge in [-0.2, -0.15) is 0 Å². The molecule has 62 valence electrons. The fraction of sp³-hybridized carbons (Fsp3) is 0.571. The van der Waals surface area contributed by atoms with E-state index in [1.54, 1.807) is 0 Å². The lowest BCUT2D eigenvalue weighted by molar-refractivity contribution is 0.283. The van der Waals surface area contributed by atoms with Crippen LogP contribution in [0.15, 0.2) is 0 Å². The molecule has 0 atom stereocenters. The summed E-state index contributed by atoms with van der Waals surface area (Å²) in [5.74, 6) is 0.334. The summed E-state index contributed by atoms with van der Waals surface area (Å²) >= 11 is 7.03. The molecule has 1 aromatic heterocycles. The van der Waals surface area contributed by atoms with Crippen molar-refractivity contribution in [3.63, 3.8) is 0 Å². The Morgan fingerprint density at radius 2 is 2.27 bits per heavy atom. The first kappa shape index (κ1) is 8.97. The number of thiazole rings is 1. The molecule has 1 aromatic rings. The zero-order valence-corrected chi connectivity index (χ0v) is 8.04. The molecule has 11 heavy (non-hydrogen) atoms. The van der Waals surface area contributed by atoms with Gasteiger partial charge in [0.25, 0.3) is 0 Å². The van der Waals surface area contributed by atoms with Crippen LogP contribution in [0.25, 0.3) is 0 Å². The molecule has 0 fully saturated rings. The van der Waals surface area contributed by atoms with Crippen molar-refractivity contribution >= 4 is 22.9 Å². The van der Waals surface area contributed by atoms with Gasteiger partial charge in [-0.1, -0.05) is 25.4 Å². The Bertz CT molecular complexity index is 247. The van der Waals surface area contributed by atoms with Crippen LogP contribution in [0.5, 0.6) is 0 Å². The Morgan fingerprint density at radius 3 is 2.64 bits per heavy atom. The monoisotopic (exact) mass is 191 g/mol. The SMILES string of the molecule is CC(C)c1nc(Cl)sc1CO. The summed E-state index contributed by atoms with van der Waals surface area (Å²) in [4.78, 5) is 4.98. The van der Waals surface area contributed by atoms with Gasteiger partial charge in [-0.15, -0.1) is 11.3 Å². The van der Waals surface area contributed by atoms with E-state index in [1.165, 1.54) is 11.3 Å². The van der Waals surface area contributed by atoms with Gasteiger partial charge in [-0.05, 0) is 5.92 Å². The van der Waals surface area contributed by atoms with Crippen LogP contribution >= 0.6 is 22.9 Å². The highest BCUT2D eigenvalue weighted by Crippen LogP contribution is 2.27. The van der Waals surface area contributed by atoms with Crippen molar-refractivity contribution in [2.24, 2.45) is 0 Å². The van der Waals surface area contributed by atoms with E-state index < -0.39 is 0 Å². The topological polar surface area (TPSA) is 33.1 Å². The van der Waals surface area contributed by atoms with Crippen LogP contribution in [0.3, 0.4) is 0 Å². The fourth-order valence-electron chi connectivity index (χ4n) is 0.898. The fourth-order valence-corrected chi connectivity index (χ4v) is 2.07. The molecular formula is C7H10ClNOS. The highest BCUT2D eigenvalue weighted by atomic mass is 35.5. The molecule has 0 aliphatic rings. The Labute approximate surface area is 74.8 Å². The van der Waals surface area contributed by atoms with Gasteiger partial charge in [0.2, 0.25) is 0 Å². The predicted molar refractivity (Wildman–Crippen MR) is 47.1 cm³/mol. The smallest absolute Gasteiger partial charge is 0.184 e. The van der Waals surface area contributed by atoms with Gasteiger partial charge in [-0.3, -0.25) is 0 Å². The van der Waals surface area contributed by atoms with Crippen molar-refractivity contribution in [3.05, 3.63) is 15.0 Å². The second kappa shape index (κ2) is 3.52. The van der Waals surface area contributed by atoms with Gasteiger partial charge in [0.15, 0.2) is 4.47 Å². The van der Waals surface area contributed by atoms with Crippen LogP contribution in [0, 0.1) is 0 Å². The zero-order valence-electron chi connectivity index (χ0n) is 6.47. The van der Waals surface area contributed by atoms with E-state index >= 15 is 0 Å². The minimum absolute atomic E-state index is 0.0396. The highest BCUT2D eigenvalue weighted by molar-refractivity contribution is 7.15. The maximum absolute atomic E-state index is 8.89. The summed E-state index contributed by atoms with van der Waals surface area (Å²) in [6, 6.07) is 0. The molecule has 0 amide bonds. The van der Waals surface area contributed by atoms with E-state index in [1.807, 2.05) is 13.8 Å². The predicted octanol–water partition coefficient (Wildman–Crippen LogP) is 2.41. The molecular weight excluding hydrogens is 182 g/mol. The maximum Gasteiger partial charge on any atom is 0.184 e. The van der Waals surface area contributed by atoms with Crippen LogP contribution in [-0.4, -0.2) is 10.1 Å². The normalized spacial score (nSPS) is 11.0. The average Bonchev–Trinajstić information content (AvgIpc) is 2.30. The first-order valence-corrected chi connectivity index (χ1v) is 4.60. The Kier molecular flexibility index (Phi) is 2.87. The standard InChI is InChI=1S/C7H10ClNOS/c1-4(2)6-5(3-10)11-7(8)9-6/h4,10H,3H2,1-2H3. The number of hydrogen-bond acceptors (Lipinski definition) is 3. The molecule has 0 bridgehead atoms. The summed E-state index contributed by atoms with van der Waals surface area (Å²) in [7, 11) is 0. The Morgan fingerprint density at radius 1 is 1.64 bits per heavy atom.